The highest BCUT2D eigenvalue weighted by Gasteiger charge is 2.22. The first-order valence-corrected chi connectivity index (χ1v) is 5.14. The Kier molecular flexibility index (Phi) is 3.09. The van der Waals surface area contributed by atoms with E-state index in [-0.39, 0.29) is 0 Å². The van der Waals surface area contributed by atoms with E-state index in [1.54, 1.807) is 6.07 Å². The molecule has 0 spiro atoms. The molecular weight excluding hydrogens is 236 g/mol. The van der Waals surface area contributed by atoms with Gasteiger partial charge in [-0.3, -0.25) is 10.1 Å². The molecule has 0 radical (unpaired) electrons. The molecule has 6 nitrogen and oxygen atoms in total. The number of hydrogen-bond donors (Lipinski definition) is 1. The summed E-state index contributed by atoms with van der Waals surface area (Å²) >= 11 is 0. The number of rotatable bonds is 3. The van der Waals surface area contributed by atoms with E-state index in [0.717, 1.165) is 24.1 Å². The van der Waals surface area contributed by atoms with Gasteiger partial charge in [-0.2, -0.15) is 0 Å². The molecule has 1 aromatic heterocycles. The third-order valence-corrected chi connectivity index (χ3v) is 2.43. The lowest BCUT2D eigenvalue weighted by molar-refractivity contribution is -0.419. The van der Waals surface area contributed by atoms with Crippen molar-refractivity contribution < 1.29 is 14.5 Å². The van der Waals surface area contributed by atoms with Crippen molar-refractivity contribution in [3.8, 4) is 0 Å². The Morgan fingerprint density at radius 1 is 1.44 bits per heavy atom. The van der Waals surface area contributed by atoms with Gasteiger partial charge in [0.25, 0.3) is 0 Å². The van der Waals surface area contributed by atoms with E-state index in [1.165, 1.54) is 0 Å². The molecule has 1 aromatic carbocycles. The van der Waals surface area contributed by atoms with Crippen LogP contribution in [0.4, 0.5) is 0 Å². The lowest BCUT2D eigenvalue weighted by atomic mass is 10.2. The molecule has 0 unspecified atom stereocenters. The number of carbonyl (C=O) groups excluding carboxylic acids is 1. The number of aromatic nitrogens is 1. The minimum Gasteiger partial charge on any atom is -0.461 e. The standard InChI is InChI=1S/C12H10N2O4/c1-18-12(15)11(14(16)17)7-9-6-8-4-2-3-5-10(8)13-9/h2-7,13H,1H3. The Labute approximate surface area is 102 Å². The maximum atomic E-state index is 11.2. The molecule has 6 heteroatoms. The first-order chi connectivity index (χ1) is 8.61. The average molecular weight is 246 g/mol. The number of nitrogens with one attached hydrogen (secondary N) is 1. The number of hydrogen-bond acceptors (Lipinski definition) is 4. The summed E-state index contributed by atoms with van der Waals surface area (Å²) in [6, 6.07) is 9.14. The van der Waals surface area contributed by atoms with Crippen molar-refractivity contribution in [2.24, 2.45) is 0 Å². The summed E-state index contributed by atoms with van der Waals surface area (Å²) < 4.78 is 4.36. The molecule has 1 heterocycles. The Balaban J connectivity index is 2.46. The predicted molar refractivity (Wildman–Crippen MR) is 65.3 cm³/mol. The molecule has 92 valence electrons. The third-order valence-electron chi connectivity index (χ3n) is 2.43. The van der Waals surface area contributed by atoms with Gasteiger partial charge in [0.15, 0.2) is 0 Å². The largest absolute Gasteiger partial charge is 0.461 e. The van der Waals surface area contributed by atoms with Gasteiger partial charge in [0.05, 0.1) is 12.0 Å². The summed E-state index contributed by atoms with van der Waals surface area (Å²) in [5.74, 6) is -0.973. The molecule has 2 aromatic rings. The molecule has 0 atom stereocenters. The maximum Gasteiger partial charge on any atom is 0.409 e. The van der Waals surface area contributed by atoms with Crippen LogP contribution in [0, 0.1) is 10.1 Å². The van der Waals surface area contributed by atoms with E-state index in [0.29, 0.717) is 5.69 Å². The van der Waals surface area contributed by atoms with Gasteiger partial charge in [-0.05, 0) is 17.5 Å². The van der Waals surface area contributed by atoms with E-state index in [1.807, 2.05) is 24.3 Å². The number of aromatic amines is 1. The topological polar surface area (TPSA) is 85.2 Å². The zero-order valence-corrected chi connectivity index (χ0v) is 9.54. The van der Waals surface area contributed by atoms with Crippen molar-refractivity contribution in [3.05, 3.63) is 51.8 Å². The Morgan fingerprint density at radius 3 is 2.78 bits per heavy atom. The van der Waals surface area contributed by atoms with Crippen molar-refractivity contribution in [1.82, 2.24) is 4.98 Å². The monoisotopic (exact) mass is 246 g/mol. The second-order valence-electron chi connectivity index (χ2n) is 3.59. The number of nitro groups is 1. The van der Waals surface area contributed by atoms with Gasteiger partial charge in [-0.15, -0.1) is 0 Å². The van der Waals surface area contributed by atoms with Gasteiger partial charge >= 0.3 is 11.7 Å². The molecule has 0 aliphatic carbocycles. The minimum absolute atomic E-state index is 0.480. The maximum absolute atomic E-state index is 11.2. The van der Waals surface area contributed by atoms with Crippen LogP contribution in [0.2, 0.25) is 0 Å². The molecule has 1 N–H and O–H groups in total. The van der Waals surface area contributed by atoms with Crippen molar-refractivity contribution >= 4 is 22.9 Å². The van der Waals surface area contributed by atoms with Crippen LogP contribution >= 0.6 is 0 Å². The number of carbonyl (C=O) groups is 1. The number of benzene rings is 1. The predicted octanol–water partition coefficient (Wildman–Crippen LogP) is 1.96. The normalized spacial score (nSPS) is 11.5. The fourth-order valence-electron chi connectivity index (χ4n) is 1.61. The van der Waals surface area contributed by atoms with Crippen molar-refractivity contribution in [1.29, 1.82) is 0 Å². The molecule has 18 heavy (non-hydrogen) atoms. The van der Waals surface area contributed by atoms with Gasteiger partial charge in [0, 0.05) is 17.3 Å². The summed E-state index contributed by atoms with van der Waals surface area (Å²) in [6.07, 6.45) is 1.16. The number of H-pyrrole nitrogens is 1. The van der Waals surface area contributed by atoms with E-state index >= 15 is 0 Å². The molecule has 0 fully saturated rings. The number of para-hydroxylation sites is 1. The highest BCUT2D eigenvalue weighted by Crippen LogP contribution is 2.17. The third kappa shape index (κ3) is 2.22. The van der Waals surface area contributed by atoms with Crippen molar-refractivity contribution in [2.75, 3.05) is 7.11 Å². The Hall–Kier alpha value is -2.63. The molecule has 0 amide bonds. The van der Waals surface area contributed by atoms with Crippen LogP contribution in [0.5, 0.6) is 0 Å². The van der Waals surface area contributed by atoms with Crippen LogP contribution < -0.4 is 0 Å². The van der Waals surface area contributed by atoms with Crippen LogP contribution in [0.3, 0.4) is 0 Å². The molecule has 0 aliphatic heterocycles. The van der Waals surface area contributed by atoms with Gasteiger partial charge in [0.1, 0.15) is 0 Å². The Morgan fingerprint density at radius 2 is 2.17 bits per heavy atom. The van der Waals surface area contributed by atoms with Crippen molar-refractivity contribution in [3.63, 3.8) is 0 Å². The second kappa shape index (κ2) is 4.70. The number of ether oxygens (including phenoxy) is 1. The minimum atomic E-state index is -0.973. The van der Waals surface area contributed by atoms with Gasteiger partial charge in [-0.25, -0.2) is 4.79 Å². The number of nitrogens with zero attached hydrogens (tertiary/aromatic N) is 1. The molecule has 0 saturated heterocycles. The first-order valence-electron chi connectivity index (χ1n) is 5.14. The molecule has 0 aliphatic rings. The zero-order chi connectivity index (χ0) is 13.1. The quantitative estimate of drug-likeness (QED) is 0.388. The van der Waals surface area contributed by atoms with Crippen LogP contribution in [0.1, 0.15) is 5.69 Å². The summed E-state index contributed by atoms with van der Waals surface area (Å²) in [5.41, 5.74) is 0.716. The van der Waals surface area contributed by atoms with E-state index < -0.39 is 16.6 Å². The average Bonchev–Trinajstić information content (AvgIpc) is 2.77. The molecule has 2 rings (SSSR count). The fraction of sp³-hybridized carbons (Fsp3) is 0.0833. The van der Waals surface area contributed by atoms with Crippen LogP contribution in [0.25, 0.3) is 17.0 Å². The van der Waals surface area contributed by atoms with Crippen LogP contribution in [-0.2, 0) is 9.53 Å². The van der Waals surface area contributed by atoms with Gasteiger partial charge < -0.3 is 9.72 Å². The van der Waals surface area contributed by atoms with Gasteiger partial charge in [-0.1, -0.05) is 18.2 Å². The SMILES string of the molecule is COC(=O)C(=Cc1cc2ccccc2[nH]1)[N+](=O)[O-]. The lowest BCUT2D eigenvalue weighted by Crippen LogP contribution is -2.12. The van der Waals surface area contributed by atoms with E-state index in [2.05, 4.69) is 9.72 Å². The number of methoxy groups -OCH3 is 1. The highest BCUT2D eigenvalue weighted by molar-refractivity contribution is 5.92. The second-order valence-corrected chi connectivity index (χ2v) is 3.59. The molecule has 0 bridgehead atoms. The summed E-state index contributed by atoms with van der Waals surface area (Å²) in [5, 5.41) is 11.7. The fourth-order valence-corrected chi connectivity index (χ4v) is 1.61. The van der Waals surface area contributed by atoms with E-state index in [4.69, 9.17) is 0 Å². The molecule has 0 saturated carbocycles. The summed E-state index contributed by atoms with van der Waals surface area (Å²) in [4.78, 5) is 24.2. The number of fused-ring (bicyclic) bond motifs is 1. The summed E-state index contributed by atoms with van der Waals surface area (Å²) in [7, 11) is 1.10. The van der Waals surface area contributed by atoms with Gasteiger partial charge in [0.2, 0.25) is 0 Å². The summed E-state index contributed by atoms with van der Waals surface area (Å²) in [6.45, 7) is 0. The van der Waals surface area contributed by atoms with Crippen LogP contribution in [0.15, 0.2) is 36.0 Å². The lowest BCUT2D eigenvalue weighted by Gasteiger charge is -1.95. The Bertz CT molecular complexity index is 609. The number of esters is 1. The first kappa shape index (κ1) is 11.8. The van der Waals surface area contributed by atoms with E-state index in [9.17, 15) is 14.9 Å². The van der Waals surface area contributed by atoms with Crippen molar-refractivity contribution in [2.45, 2.75) is 0 Å². The smallest absolute Gasteiger partial charge is 0.409 e. The zero-order valence-electron chi connectivity index (χ0n) is 9.54. The van der Waals surface area contributed by atoms with Crippen LogP contribution in [-0.4, -0.2) is 23.0 Å². The highest BCUT2D eigenvalue weighted by atomic mass is 16.6. The molecular formula is C12H10N2O4.